The van der Waals surface area contributed by atoms with Crippen LogP contribution in [0.3, 0.4) is 0 Å². The molecule has 1 atom stereocenters. The highest BCUT2D eigenvalue weighted by molar-refractivity contribution is 4.90. The van der Waals surface area contributed by atoms with Crippen LogP contribution in [0.1, 0.15) is 41.0 Å². The molecule has 2 nitrogen and oxygen atoms in total. The first-order chi connectivity index (χ1) is 6.21. The highest BCUT2D eigenvalue weighted by atomic mass is 15.2. The first-order valence-corrected chi connectivity index (χ1v) is 5.65. The molecule has 84 valence electrons. The van der Waals surface area contributed by atoms with Crippen LogP contribution in [0.5, 0.6) is 0 Å². The van der Waals surface area contributed by atoms with E-state index in [1.54, 1.807) is 0 Å². The van der Waals surface area contributed by atoms with Crippen LogP contribution in [-0.4, -0.2) is 36.6 Å². The summed E-state index contributed by atoms with van der Waals surface area (Å²) in [5, 5.41) is 3.61. The standard InChI is InChI=1S/C12H26N2/c1-11(2,3)14(6)8-10-7-12(4,5)9-13-10/h10,13H,7-9H2,1-6H3. The summed E-state index contributed by atoms with van der Waals surface area (Å²) in [5.74, 6) is 0. The Morgan fingerprint density at radius 2 is 1.93 bits per heavy atom. The van der Waals surface area contributed by atoms with E-state index in [1.807, 2.05) is 0 Å². The molecule has 0 saturated carbocycles. The first-order valence-electron chi connectivity index (χ1n) is 5.65. The lowest BCUT2D eigenvalue weighted by atomic mass is 9.90. The lowest BCUT2D eigenvalue weighted by molar-refractivity contribution is 0.159. The van der Waals surface area contributed by atoms with Crippen molar-refractivity contribution in [2.45, 2.75) is 52.6 Å². The zero-order chi connectivity index (χ0) is 11.0. The minimum absolute atomic E-state index is 0.286. The van der Waals surface area contributed by atoms with Crippen molar-refractivity contribution >= 4 is 0 Å². The van der Waals surface area contributed by atoms with Crippen LogP contribution < -0.4 is 5.32 Å². The summed E-state index contributed by atoms with van der Waals surface area (Å²) in [4.78, 5) is 2.44. The maximum Gasteiger partial charge on any atom is 0.0200 e. The Hall–Kier alpha value is -0.0800. The van der Waals surface area contributed by atoms with Gasteiger partial charge in [-0.3, -0.25) is 4.90 Å². The van der Waals surface area contributed by atoms with Crippen LogP contribution >= 0.6 is 0 Å². The van der Waals surface area contributed by atoms with Gasteiger partial charge in [0.15, 0.2) is 0 Å². The molecule has 1 aliphatic rings. The second kappa shape index (κ2) is 3.82. The minimum Gasteiger partial charge on any atom is -0.312 e. The highest BCUT2D eigenvalue weighted by Crippen LogP contribution is 2.28. The van der Waals surface area contributed by atoms with E-state index in [-0.39, 0.29) is 5.54 Å². The molecule has 1 unspecified atom stereocenters. The predicted molar refractivity (Wildman–Crippen MR) is 62.6 cm³/mol. The van der Waals surface area contributed by atoms with E-state index >= 15 is 0 Å². The number of likely N-dealkylation sites (N-methyl/N-ethyl adjacent to an activating group) is 1. The van der Waals surface area contributed by atoms with Gasteiger partial charge in [0.2, 0.25) is 0 Å². The predicted octanol–water partition coefficient (Wildman–Crippen LogP) is 2.10. The van der Waals surface area contributed by atoms with Gasteiger partial charge < -0.3 is 5.32 Å². The van der Waals surface area contributed by atoms with Crippen molar-refractivity contribution < 1.29 is 0 Å². The van der Waals surface area contributed by atoms with Gasteiger partial charge in [-0.2, -0.15) is 0 Å². The van der Waals surface area contributed by atoms with E-state index < -0.39 is 0 Å². The van der Waals surface area contributed by atoms with Crippen molar-refractivity contribution in [2.75, 3.05) is 20.1 Å². The zero-order valence-electron chi connectivity index (χ0n) is 10.6. The van der Waals surface area contributed by atoms with E-state index in [9.17, 15) is 0 Å². The lowest BCUT2D eigenvalue weighted by Gasteiger charge is -2.34. The van der Waals surface area contributed by atoms with Gasteiger partial charge in [0, 0.05) is 24.7 Å². The third kappa shape index (κ3) is 3.25. The van der Waals surface area contributed by atoms with Gasteiger partial charge in [-0.15, -0.1) is 0 Å². The second-order valence-electron chi connectivity index (χ2n) is 6.50. The summed E-state index contributed by atoms with van der Waals surface area (Å²) in [6, 6.07) is 0.675. The molecular weight excluding hydrogens is 172 g/mol. The van der Waals surface area contributed by atoms with Crippen molar-refractivity contribution in [1.29, 1.82) is 0 Å². The van der Waals surface area contributed by atoms with Crippen LogP contribution in [0.2, 0.25) is 0 Å². The molecule has 1 N–H and O–H groups in total. The average molecular weight is 198 g/mol. The van der Waals surface area contributed by atoms with E-state index in [4.69, 9.17) is 0 Å². The van der Waals surface area contributed by atoms with Crippen molar-refractivity contribution in [1.82, 2.24) is 10.2 Å². The maximum absolute atomic E-state index is 3.61. The smallest absolute Gasteiger partial charge is 0.0200 e. The summed E-state index contributed by atoms with van der Waals surface area (Å²) in [6.07, 6.45) is 1.30. The molecule has 1 heterocycles. The van der Waals surface area contributed by atoms with E-state index in [0.29, 0.717) is 11.5 Å². The molecule has 0 amide bonds. The summed E-state index contributed by atoms with van der Waals surface area (Å²) in [6.45, 7) is 13.8. The van der Waals surface area contributed by atoms with Crippen molar-refractivity contribution in [2.24, 2.45) is 5.41 Å². The normalized spacial score (nSPS) is 27.2. The fourth-order valence-electron chi connectivity index (χ4n) is 1.97. The van der Waals surface area contributed by atoms with Crippen molar-refractivity contribution in [3.63, 3.8) is 0 Å². The Labute approximate surface area is 89.1 Å². The molecule has 0 aromatic rings. The average Bonchev–Trinajstić information content (AvgIpc) is 2.28. The molecule has 0 aromatic carbocycles. The van der Waals surface area contributed by atoms with Crippen molar-refractivity contribution in [3.8, 4) is 0 Å². The quantitative estimate of drug-likeness (QED) is 0.731. The van der Waals surface area contributed by atoms with Gasteiger partial charge in [-0.1, -0.05) is 13.8 Å². The molecule has 14 heavy (non-hydrogen) atoms. The fraction of sp³-hybridized carbons (Fsp3) is 1.00. The molecule has 1 aliphatic heterocycles. The Bertz CT molecular complexity index is 191. The van der Waals surface area contributed by atoms with Gasteiger partial charge >= 0.3 is 0 Å². The highest BCUT2D eigenvalue weighted by Gasteiger charge is 2.32. The van der Waals surface area contributed by atoms with Crippen LogP contribution in [-0.2, 0) is 0 Å². The Balaban J connectivity index is 2.40. The molecule has 0 aromatic heterocycles. The van der Waals surface area contributed by atoms with Crippen LogP contribution in [0.4, 0.5) is 0 Å². The summed E-state index contributed by atoms with van der Waals surface area (Å²) in [7, 11) is 2.22. The van der Waals surface area contributed by atoms with E-state index in [0.717, 1.165) is 13.1 Å². The molecule has 0 aliphatic carbocycles. The largest absolute Gasteiger partial charge is 0.312 e. The van der Waals surface area contributed by atoms with Crippen LogP contribution in [0, 0.1) is 5.41 Å². The minimum atomic E-state index is 0.286. The van der Waals surface area contributed by atoms with E-state index in [2.05, 4.69) is 51.9 Å². The van der Waals surface area contributed by atoms with Gasteiger partial charge in [0.1, 0.15) is 0 Å². The SMILES string of the molecule is CN(CC1CC(C)(C)CN1)C(C)(C)C. The summed E-state index contributed by atoms with van der Waals surface area (Å²) in [5.41, 5.74) is 0.776. The molecule has 0 radical (unpaired) electrons. The van der Waals surface area contributed by atoms with Crippen LogP contribution in [0.15, 0.2) is 0 Å². The number of nitrogens with zero attached hydrogens (tertiary/aromatic N) is 1. The lowest BCUT2D eigenvalue weighted by Crippen LogP contribution is -2.45. The monoisotopic (exact) mass is 198 g/mol. The zero-order valence-corrected chi connectivity index (χ0v) is 10.6. The molecule has 0 bridgehead atoms. The third-order valence-electron chi connectivity index (χ3n) is 3.31. The molecule has 1 fully saturated rings. The molecular formula is C12H26N2. The van der Waals surface area contributed by atoms with Gasteiger partial charge in [0.05, 0.1) is 0 Å². The Kier molecular flexibility index (Phi) is 3.27. The van der Waals surface area contributed by atoms with Crippen molar-refractivity contribution in [3.05, 3.63) is 0 Å². The molecule has 1 saturated heterocycles. The first kappa shape index (κ1) is 12.0. The maximum atomic E-state index is 3.61. The molecule has 2 heteroatoms. The fourth-order valence-corrected chi connectivity index (χ4v) is 1.97. The van der Waals surface area contributed by atoms with E-state index in [1.165, 1.54) is 6.42 Å². The Morgan fingerprint density at radius 3 is 2.29 bits per heavy atom. The number of hydrogen-bond acceptors (Lipinski definition) is 2. The molecule has 1 rings (SSSR count). The van der Waals surface area contributed by atoms with Gasteiger partial charge in [-0.05, 0) is 39.7 Å². The van der Waals surface area contributed by atoms with Gasteiger partial charge in [-0.25, -0.2) is 0 Å². The van der Waals surface area contributed by atoms with Gasteiger partial charge in [0.25, 0.3) is 0 Å². The molecule has 0 spiro atoms. The number of rotatable bonds is 2. The summed E-state index contributed by atoms with van der Waals surface area (Å²) < 4.78 is 0. The summed E-state index contributed by atoms with van der Waals surface area (Å²) >= 11 is 0. The number of hydrogen-bond donors (Lipinski definition) is 1. The second-order valence-corrected chi connectivity index (χ2v) is 6.50. The Morgan fingerprint density at radius 1 is 1.36 bits per heavy atom. The van der Waals surface area contributed by atoms with Crippen LogP contribution in [0.25, 0.3) is 0 Å². The topological polar surface area (TPSA) is 15.3 Å². The third-order valence-corrected chi connectivity index (χ3v) is 3.31. The number of nitrogens with one attached hydrogen (secondary N) is 1.